The van der Waals surface area contributed by atoms with E-state index >= 15 is 0 Å². The van der Waals surface area contributed by atoms with Gasteiger partial charge in [-0.25, -0.2) is 4.79 Å². The van der Waals surface area contributed by atoms with Crippen molar-refractivity contribution in [2.75, 3.05) is 11.9 Å². The van der Waals surface area contributed by atoms with Gasteiger partial charge in [-0.2, -0.15) is 0 Å². The molecule has 1 amide bonds. The van der Waals surface area contributed by atoms with Gasteiger partial charge in [0.2, 0.25) is 0 Å². The van der Waals surface area contributed by atoms with Gasteiger partial charge in [0.25, 0.3) is 5.91 Å². The van der Waals surface area contributed by atoms with E-state index in [2.05, 4.69) is 32.9 Å². The van der Waals surface area contributed by atoms with Crippen LogP contribution in [0.25, 0.3) is 0 Å². The summed E-state index contributed by atoms with van der Waals surface area (Å²) in [4.78, 5) is 27.1. The van der Waals surface area contributed by atoms with Crippen LogP contribution in [0.4, 0.5) is 5.69 Å². The van der Waals surface area contributed by atoms with Crippen LogP contribution in [-0.4, -0.2) is 23.5 Å². The minimum Gasteiger partial charge on any atom is -0.452 e. The second kappa shape index (κ2) is 6.99. The Kier molecular flexibility index (Phi) is 5.05. The second-order valence-corrected chi connectivity index (χ2v) is 5.00. The number of hydrogen-bond donors (Lipinski definition) is 1. The first-order valence-electron chi connectivity index (χ1n) is 5.78. The number of carbonyl (C=O) groups is 2. The van der Waals surface area contributed by atoms with Gasteiger partial charge in [0.15, 0.2) is 6.61 Å². The molecule has 0 aliphatic carbocycles. The first kappa shape index (κ1) is 14.4. The Morgan fingerprint density at radius 3 is 2.55 bits per heavy atom. The number of hydrogen-bond acceptors (Lipinski definition) is 4. The molecule has 0 fully saturated rings. The zero-order valence-corrected chi connectivity index (χ0v) is 12.5. The maximum atomic E-state index is 11.7. The van der Waals surface area contributed by atoms with E-state index in [1.54, 1.807) is 6.07 Å². The van der Waals surface area contributed by atoms with Crippen molar-refractivity contribution < 1.29 is 14.3 Å². The lowest BCUT2D eigenvalue weighted by Crippen LogP contribution is -2.21. The van der Waals surface area contributed by atoms with Crippen molar-refractivity contribution in [2.45, 2.75) is 0 Å². The molecule has 2 rings (SSSR count). The third kappa shape index (κ3) is 4.02. The van der Waals surface area contributed by atoms with Crippen molar-refractivity contribution in [1.29, 1.82) is 0 Å². The number of aromatic nitrogens is 1. The molecule has 0 saturated carbocycles. The van der Waals surface area contributed by atoms with Gasteiger partial charge in [0, 0.05) is 16.0 Å². The van der Waals surface area contributed by atoms with Gasteiger partial charge >= 0.3 is 5.97 Å². The van der Waals surface area contributed by atoms with E-state index in [4.69, 9.17) is 4.74 Å². The molecule has 0 aliphatic heterocycles. The Morgan fingerprint density at radius 2 is 1.85 bits per heavy atom. The standard InChI is InChI=1S/C14H11IN2O3/c15-11-3-1-2-4-12(11)17-13(18)9-20-14(19)10-5-7-16-8-6-10/h1-8H,9H2,(H,17,18). The van der Waals surface area contributed by atoms with E-state index in [9.17, 15) is 9.59 Å². The number of halogens is 1. The number of para-hydroxylation sites is 1. The lowest BCUT2D eigenvalue weighted by atomic mass is 10.3. The summed E-state index contributed by atoms with van der Waals surface area (Å²) in [5.41, 5.74) is 1.06. The Bertz CT molecular complexity index is 617. The zero-order valence-electron chi connectivity index (χ0n) is 10.4. The van der Waals surface area contributed by atoms with E-state index in [1.165, 1.54) is 24.5 Å². The Hall–Kier alpha value is -1.96. The Labute approximate surface area is 129 Å². The fraction of sp³-hybridized carbons (Fsp3) is 0.0714. The van der Waals surface area contributed by atoms with Crippen molar-refractivity contribution in [1.82, 2.24) is 4.98 Å². The van der Waals surface area contributed by atoms with Crippen LogP contribution in [0, 0.1) is 3.57 Å². The molecule has 0 radical (unpaired) electrons. The average molecular weight is 382 g/mol. The van der Waals surface area contributed by atoms with Crippen LogP contribution in [0.2, 0.25) is 0 Å². The first-order chi connectivity index (χ1) is 9.66. The third-order valence-corrected chi connectivity index (χ3v) is 3.34. The van der Waals surface area contributed by atoms with E-state index in [1.807, 2.05) is 18.2 Å². The molecule has 102 valence electrons. The number of amides is 1. The number of pyridine rings is 1. The summed E-state index contributed by atoms with van der Waals surface area (Å²) in [6, 6.07) is 10.4. The molecule has 1 N–H and O–H groups in total. The monoisotopic (exact) mass is 382 g/mol. The summed E-state index contributed by atoms with van der Waals surface area (Å²) in [5.74, 6) is -0.929. The van der Waals surface area contributed by atoms with E-state index in [0.717, 1.165) is 3.57 Å². The third-order valence-electron chi connectivity index (χ3n) is 2.40. The van der Waals surface area contributed by atoms with Crippen molar-refractivity contribution >= 4 is 40.2 Å². The van der Waals surface area contributed by atoms with Crippen LogP contribution in [-0.2, 0) is 9.53 Å². The van der Waals surface area contributed by atoms with Crippen LogP contribution in [0.1, 0.15) is 10.4 Å². The summed E-state index contributed by atoms with van der Waals surface area (Å²) in [6.07, 6.45) is 2.98. The largest absolute Gasteiger partial charge is 0.452 e. The van der Waals surface area contributed by atoms with Crippen LogP contribution in [0.5, 0.6) is 0 Å². The molecule has 5 nitrogen and oxygen atoms in total. The van der Waals surface area contributed by atoms with Crippen LogP contribution < -0.4 is 5.32 Å². The molecule has 0 aliphatic rings. The normalized spacial score (nSPS) is 9.85. The molecule has 0 saturated heterocycles. The average Bonchev–Trinajstić information content (AvgIpc) is 2.48. The molecule has 0 bridgehead atoms. The van der Waals surface area contributed by atoms with Crippen molar-refractivity contribution in [3.63, 3.8) is 0 Å². The number of ether oxygens (including phenoxy) is 1. The molecule has 20 heavy (non-hydrogen) atoms. The topological polar surface area (TPSA) is 68.3 Å². The van der Waals surface area contributed by atoms with Gasteiger partial charge in [-0.1, -0.05) is 12.1 Å². The SMILES string of the molecule is O=C(COC(=O)c1ccncc1)Nc1ccccc1I. The smallest absolute Gasteiger partial charge is 0.338 e. The summed E-state index contributed by atoms with van der Waals surface area (Å²) < 4.78 is 5.84. The Balaban J connectivity index is 1.87. The van der Waals surface area contributed by atoms with Gasteiger partial charge in [-0.3, -0.25) is 9.78 Å². The Morgan fingerprint density at radius 1 is 1.15 bits per heavy atom. The number of esters is 1. The molecule has 0 spiro atoms. The zero-order chi connectivity index (χ0) is 14.4. The number of anilines is 1. The highest BCUT2D eigenvalue weighted by Gasteiger charge is 2.10. The van der Waals surface area contributed by atoms with Gasteiger partial charge < -0.3 is 10.1 Å². The number of carbonyl (C=O) groups excluding carboxylic acids is 2. The summed E-state index contributed by atoms with van der Waals surface area (Å²) in [7, 11) is 0. The molecule has 6 heteroatoms. The predicted octanol–water partition coefficient (Wildman–Crippen LogP) is 2.48. The lowest BCUT2D eigenvalue weighted by Gasteiger charge is -2.07. The lowest BCUT2D eigenvalue weighted by molar-refractivity contribution is -0.119. The van der Waals surface area contributed by atoms with Crippen LogP contribution in [0.3, 0.4) is 0 Å². The fourth-order valence-electron chi connectivity index (χ4n) is 1.45. The summed E-state index contributed by atoms with van der Waals surface area (Å²) in [6.45, 7) is -0.327. The second-order valence-electron chi connectivity index (χ2n) is 3.84. The molecule has 1 aromatic carbocycles. The quantitative estimate of drug-likeness (QED) is 0.652. The maximum absolute atomic E-state index is 11.7. The minimum atomic E-state index is -0.551. The van der Waals surface area contributed by atoms with E-state index in [-0.39, 0.29) is 12.5 Å². The molecular weight excluding hydrogens is 371 g/mol. The van der Waals surface area contributed by atoms with Gasteiger partial charge in [0.1, 0.15) is 0 Å². The molecular formula is C14H11IN2O3. The molecule has 1 heterocycles. The van der Waals surface area contributed by atoms with E-state index in [0.29, 0.717) is 11.3 Å². The van der Waals surface area contributed by atoms with Crippen molar-refractivity contribution in [3.05, 3.63) is 57.9 Å². The highest BCUT2D eigenvalue weighted by atomic mass is 127. The number of rotatable bonds is 4. The summed E-state index contributed by atoms with van der Waals surface area (Å²) >= 11 is 2.12. The van der Waals surface area contributed by atoms with Crippen LogP contribution >= 0.6 is 22.6 Å². The van der Waals surface area contributed by atoms with Crippen molar-refractivity contribution in [3.8, 4) is 0 Å². The number of nitrogens with one attached hydrogen (secondary N) is 1. The highest BCUT2D eigenvalue weighted by molar-refractivity contribution is 14.1. The minimum absolute atomic E-state index is 0.327. The van der Waals surface area contributed by atoms with Gasteiger partial charge in [-0.15, -0.1) is 0 Å². The highest BCUT2D eigenvalue weighted by Crippen LogP contribution is 2.16. The molecule has 0 atom stereocenters. The van der Waals surface area contributed by atoms with Gasteiger partial charge in [-0.05, 0) is 46.9 Å². The van der Waals surface area contributed by atoms with Gasteiger partial charge in [0.05, 0.1) is 11.3 Å². The number of benzene rings is 1. The van der Waals surface area contributed by atoms with Crippen molar-refractivity contribution in [2.24, 2.45) is 0 Å². The molecule has 1 aromatic heterocycles. The summed E-state index contributed by atoms with van der Waals surface area (Å²) in [5, 5.41) is 2.68. The fourth-order valence-corrected chi connectivity index (χ4v) is 1.97. The number of nitrogens with zero attached hydrogens (tertiary/aromatic N) is 1. The first-order valence-corrected chi connectivity index (χ1v) is 6.86. The van der Waals surface area contributed by atoms with E-state index < -0.39 is 5.97 Å². The predicted molar refractivity (Wildman–Crippen MR) is 82.3 cm³/mol. The molecule has 2 aromatic rings. The van der Waals surface area contributed by atoms with Crippen LogP contribution in [0.15, 0.2) is 48.8 Å². The maximum Gasteiger partial charge on any atom is 0.338 e. The molecule has 0 unspecified atom stereocenters.